The highest BCUT2D eigenvalue weighted by Crippen LogP contribution is 1.96. The van der Waals surface area contributed by atoms with Crippen molar-refractivity contribution in [3.8, 4) is 0 Å². The maximum atomic E-state index is 10.7. The summed E-state index contributed by atoms with van der Waals surface area (Å²) in [5.41, 5.74) is 0. The van der Waals surface area contributed by atoms with Gasteiger partial charge in [-0.3, -0.25) is 4.79 Å². The maximum absolute atomic E-state index is 10.7. The minimum Gasteiger partial charge on any atom is -0.481 e. The summed E-state index contributed by atoms with van der Waals surface area (Å²) >= 11 is 0. The Balaban J connectivity index is 3.40. The Morgan fingerprint density at radius 3 is 2.69 bits per heavy atom. The maximum Gasteiger partial charge on any atom is 0.330 e. The van der Waals surface area contributed by atoms with Gasteiger partial charge in [0, 0.05) is 12.5 Å². The first-order valence-electron chi connectivity index (χ1n) is 4.22. The van der Waals surface area contributed by atoms with Gasteiger partial charge in [0.1, 0.15) is 0 Å². The van der Waals surface area contributed by atoms with Gasteiger partial charge < -0.3 is 9.84 Å². The molecule has 0 heterocycles. The summed E-state index contributed by atoms with van der Waals surface area (Å²) in [5, 5.41) is 8.29. The smallest absolute Gasteiger partial charge is 0.330 e. The number of carboxylic acids is 1. The van der Waals surface area contributed by atoms with E-state index in [9.17, 15) is 9.59 Å². The number of ether oxygens (including phenoxy) is 1. The number of esters is 1. The second kappa shape index (κ2) is 7.34. The van der Waals surface area contributed by atoms with Crippen LogP contribution in [-0.2, 0) is 14.3 Å². The molecule has 0 aliphatic heterocycles. The largest absolute Gasteiger partial charge is 0.481 e. The lowest BCUT2D eigenvalue weighted by Gasteiger charge is -1.94. The number of carbonyl (C=O) groups is 2. The van der Waals surface area contributed by atoms with Gasteiger partial charge >= 0.3 is 11.9 Å². The number of hydrogen-bond donors (Lipinski definition) is 1. The molecule has 13 heavy (non-hydrogen) atoms. The van der Waals surface area contributed by atoms with Crippen LogP contribution in [0.3, 0.4) is 0 Å². The number of carbonyl (C=O) groups excluding carboxylic acids is 1. The molecule has 0 bridgehead atoms. The van der Waals surface area contributed by atoms with Crippen molar-refractivity contribution < 1.29 is 19.4 Å². The molecular weight excluding hydrogens is 172 g/mol. The Morgan fingerprint density at radius 2 is 2.15 bits per heavy atom. The third-order valence-corrected chi connectivity index (χ3v) is 1.30. The van der Waals surface area contributed by atoms with Crippen molar-refractivity contribution in [3.05, 3.63) is 12.2 Å². The fourth-order valence-electron chi connectivity index (χ4n) is 0.741. The molecule has 0 unspecified atom stereocenters. The summed E-state index contributed by atoms with van der Waals surface area (Å²) in [5.74, 6) is -1.19. The van der Waals surface area contributed by atoms with Crippen LogP contribution in [0.4, 0.5) is 0 Å². The molecule has 74 valence electrons. The van der Waals surface area contributed by atoms with E-state index in [2.05, 4.69) is 4.74 Å². The van der Waals surface area contributed by atoms with Crippen molar-refractivity contribution in [2.24, 2.45) is 0 Å². The van der Waals surface area contributed by atoms with Gasteiger partial charge in [-0.25, -0.2) is 4.79 Å². The predicted molar refractivity (Wildman–Crippen MR) is 47.3 cm³/mol. The lowest BCUT2D eigenvalue weighted by molar-refractivity contribution is -0.138. The summed E-state index contributed by atoms with van der Waals surface area (Å²) < 4.78 is 4.63. The Morgan fingerprint density at radius 1 is 1.46 bits per heavy atom. The van der Waals surface area contributed by atoms with E-state index in [-0.39, 0.29) is 12.4 Å². The van der Waals surface area contributed by atoms with Crippen molar-refractivity contribution in [1.82, 2.24) is 0 Å². The number of allylic oxidation sites excluding steroid dienone is 1. The van der Waals surface area contributed by atoms with E-state index in [1.807, 2.05) is 0 Å². The molecular formula is C9H14O4. The molecule has 0 fully saturated rings. The topological polar surface area (TPSA) is 63.6 Å². The van der Waals surface area contributed by atoms with E-state index in [1.54, 1.807) is 13.0 Å². The zero-order chi connectivity index (χ0) is 10.1. The van der Waals surface area contributed by atoms with Crippen molar-refractivity contribution in [3.63, 3.8) is 0 Å². The lowest BCUT2D eigenvalue weighted by atomic mass is 10.2. The third-order valence-electron chi connectivity index (χ3n) is 1.30. The molecule has 4 heteroatoms. The van der Waals surface area contributed by atoms with Gasteiger partial charge in [0.15, 0.2) is 0 Å². The molecule has 0 aliphatic rings. The third kappa shape index (κ3) is 8.59. The summed E-state index contributed by atoms with van der Waals surface area (Å²) in [7, 11) is 0. The molecule has 0 spiro atoms. The van der Waals surface area contributed by atoms with Gasteiger partial charge in [0.05, 0.1) is 6.61 Å². The van der Waals surface area contributed by atoms with Crippen LogP contribution in [0.25, 0.3) is 0 Å². The van der Waals surface area contributed by atoms with Crippen LogP contribution in [0.5, 0.6) is 0 Å². The Labute approximate surface area is 77.2 Å². The molecule has 0 radical (unpaired) electrons. The summed E-state index contributed by atoms with van der Waals surface area (Å²) in [6.07, 6.45) is 4.22. The Kier molecular flexibility index (Phi) is 6.59. The predicted octanol–water partition coefficient (Wildman–Crippen LogP) is 1.36. The highest BCUT2D eigenvalue weighted by atomic mass is 16.5. The van der Waals surface area contributed by atoms with Crippen LogP contribution in [0, 0.1) is 0 Å². The molecule has 0 aromatic rings. The molecule has 4 nitrogen and oxygen atoms in total. The molecule has 0 atom stereocenters. The standard InChI is InChI=1S/C9H14O4/c1-2-13-9(12)7-5-3-4-6-8(10)11/h5,7H,2-4,6H2,1H3,(H,10,11)/b7-5+. The van der Waals surface area contributed by atoms with Crippen LogP contribution in [-0.4, -0.2) is 23.7 Å². The Hall–Kier alpha value is -1.32. The quantitative estimate of drug-likeness (QED) is 0.386. The van der Waals surface area contributed by atoms with Crippen LogP contribution in [0.1, 0.15) is 26.2 Å². The van der Waals surface area contributed by atoms with Crippen molar-refractivity contribution in [1.29, 1.82) is 0 Å². The monoisotopic (exact) mass is 186 g/mol. The van der Waals surface area contributed by atoms with Crippen molar-refractivity contribution >= 4 is 11.9 Å². The fraction of sp³-hybridized carbons (Fsp3) is 0.556. The van der Waals surface area contributed by atoms with Crippen LogP contribution >= 0.6 is 0 Å². The van der Waals surface area contributed by atoms with Gasteiger partial charge in [-0.15, -0.1) is 0 Å². The summed E-state index contributed by atoms with van der Waals surface area (Å²) in [6.45, 7) is 2.09. The molecule has 1 N–H and O–H groups in total. The molecule has 0 rings (SSSR count). The zero-order valence-corrected chi connectivity index (χ0v) is 7.66. The van der Waals surface area contributed by atoms with E-state index >= 15 is 0 Å². The van der Waals surface area contributed by atoms with Gasteiger partial charge in [-0.2, -0.15) is 0 Å². The average Bonchev–Trinajstić information content (AvgIpc) is 2.03. The highest BCUT2D eigenvalue weighted by molar-refractivity contribution is 5.81. The molecule has 0 saturated heterocycles. The number of aliphatic carboxylic acids is 1. The number of rotatable bonds is 6. The average molecular weight is 186 g/mol. The van der Waals surface area contributed by atoms with Gasteiger partial charge in [-0.1, -0.05) is 6.08 Å². The highest BCUT2D eigenvalue weighted by Gasteiger charge is 1.95. The van der Waals surface area contributed by atoms with Crippen LogP contribution in [0.15, 0.2) is 12.2 Å². The Bertz CT molecular complexity index is 196. The van der Waals surface area contributed by atoms with Gasteiger partial charge in [-0.05, 0) is 19.8 Å². The number of hydrogen-bond acceptors (Lipinski definition) is 3. The lowest BCUT2D eigenvalue weighted by Crippen LogP contribution is -1.98. The van der Waals surface area contributed by atoms with Gasteiger partial charge in [0.2, 0.25) is 0 Å². The normalized spacial score (nSPS) is 10.2. The minimum atomic E-state index is -0.815. The molecule has 0 aromatic carbocycles. The first-order valence-corrected chi connectivity index (χ1v) is 4.22. The van der Waals surface area contributed by atoms with E-state index in [0.29, 0.717) is 19.4 Å². The van der Waals surface area contributed by atoms with Crippen LogP contribution < -0.4 is 0 Å². The number of carboxylic acid groups (broad SMARTS) is 1. The molecule has 0 amide bonds. The van der Waals surface area contributed by atoms with E-state index in [4.69, 9.17) is 5.11 Å². The van der Waals surface area contributed by atoms with E-state index in [0.717, 1.165) is 0 Å². The van der Waals surface area contributed by atoms with E-state index < -0.39 is 5.97 Å². The zero-order valence-electron chi connectivity index (χ0n) is 7.66. The molecule has 0 saturated carbocycles. The summed E-state index contributed by atoms with van der Waals surface area (Å²) in [4.78, 5) is 20.8. The number of unbranched alkanes of at least 4 members (excludes halogenated alkanes) is 1. The molecule has 0 aliphatic carbocycles. The van der Waals surface area contributed by atoms with E-state index in [1.165, 1.54) is 6.08 Å². The minimum absolute atomic E-state index is 0.132. The second-order valence-corrected chi connectivity index (χ2v) is 2.44. The fourth-order valence-corrected chi connectivity index (χ4v) is 0.741. The van der Waals surface area contributed by atoms with Crippen LogP contribution in [0.2, 0.25) is 0 Å². The second-order valence-electron chi connectivity index (χ2n) is 2.44. The first-order chi connectivity index (χ1) is 6.16. The molecule has 0 aromatic heterocycles. The van der Waals surface area contributed by atoms with Crippen molar-refractivity contribution in [2.45, 2.75) is 26.2 Å². The summed E-state index contributed by atoms with van der Waals surface area (Å²) in [6, 6.07) is 0. The first kappa shape index (κ1) is 11.7. The van der Waals surface area contributed by atoms with Gasteiger partial charge in [0.25, 0.3) is 0 Å². The van der Waals surface area contributed by atoms with Crippen molar-refractivity contribution in [2.75, 3.05) is 6.61 Å². The SMILES string of the molecule is CCOC(=O)/C=C/CCCC(=O)O.